The third kappa shape index (κ3) is 4.29. The van der Waals surface area contributed by atoms with Gasteiger partial charge in [-0.05, 0) is 60.4 Å². The molecule has 3 nitrogen and oxygen atoms in total. The Morgan fingerprint density at radius 1 is 1.47 bits per heavy atom. The first-order chi connectivity index (χ1) is 9.20. The highest BCUT2D eigenvalue weighted by Crippen LogP contribution is 2.23. The fourth-order valence-electron chi connectivity index (χ4n) is 2.57. The number of nitrogens with zero attached hydrogens (tertiary/aromatic N) is 1. The zero-order valence-corrected chi connectivity index (χ0v) is 13.7. The van der Waals surface area contributed by atoms with Crippen LogP contribution in [0.2, 0.25) is 0 Å². The number of hydrogen-bond acceptors (Lipinski definition) is 3. The van der Waals surface area contributed by atoms with Gasteiger partial charge in [-0.2, -0.15) is 0 Å². The quantitative estimate of drug-likeness (QED) is 0.890. The van der Waals surface area contributed by atoms with Gasteiger partial charge >= 0.3 is 0 Å². The van der Waals surface area contributed by atoms with Gasteiger partial charge in [0.2, 0.25) is 5.91 Å². The lowest BCUT2D eigenvalue weighted by Gasteiger charge is -2.34. The average Bonchev–Trinajstić information content (AvgIpc) is 2.82. The van der Waals surface area contributed by atoms with Crippen LogP contribution in [0.15, 0.2) is 15.9 Å². The van der Waals surface area contributed by atoms with Crippen molar-refractivity contribution in [2.75, 3.05) is 19.6 Å². The molecule has 1 saturated heterocycles. The number of piperidine rings is 1. The number of nitrogens with one attached hydrogen (secondary N) is 1. The van der Waals surface area contributed by atoms with Crippen molar-refractivity contribution >= 4 is 33.2 Å². The summed E-state index contributed by atoms with van der Waals surface area (Å²) in [6.45, 7) is 5.09. The Hall–Kier alpha value is -0.390. The van der Waals surface area contributed by atoms with Gasteiger partial charge in [-0.3, -0.25) is 4.79 Å². The molecule has 0 aliphatic carbocycles. The molecule has 1 amide bonds. The Bertz CT molecular complexity index is 415. The molecule has 1 aromatic rings. The lowest BCUT2D eigenvalue weighted by atomic mass is 10.0. The minimum Gasteiger partial charge on any atom is -0.339 e. The zero-order valence-electron chi connectivity index (χ0n) is 11.3. The molecular weight excluding hydrogens is 324 g/mol. The first-order valence-corrected chi connectivity index (χ1v) is 8.56. The predicted molar refractivity (Wildman–Crippen MR) is 83.6 cm³/mol. The number of amides is 1. The van der Waals surface area contributed by atoms with Crippen molar-refractivity contribution in [3.8, 4) is 0 Å². The Morgan fingerprint density at radius 2 is 2.21 bits per heavy atom. The fourth-order valence-corrected chi connectivity index (χ4v) is 4.04. The normalized spacial score (nSPS) is 16.5. The molecule has 1 aliphatic rings. The highest BCUT2D eigenvalue weighted by molar-refractivity contribution is 9.11. The van der Waals surface area contributed by atoms with Gasteiger partial charge in [-0.1, -0.05) is 6.92 Å². The zero-order chi connectivity index (χ0) is 13.7. The molecule has 0 radical (unpaired) electrons. The van der Waals surface area contributed by atoms with E-state index < -0.39 is 0 Å². The van der Waals surface area contributed by atoms with E-state index >= 15 is 0 Å². The maximum Gasteiger partial charge on any atom is 0.228 e. The second-order valence-electron chi connectivity index (χ2n) is 4.95. The van der Waals surface area contributed by atoms with Crippen LogP contribution >= 0.6 is 27.3 Å². The summed E-state index contributed by atoms with van der Waals surface area (Å²) in [4.78, 5) is 15.8. The molecule has 0 saturated carbocycles. The van der Waals surface area contributed by atoms with Crippen LogP contribution in [0, 0.1) is 0 Å². The molecule has 2 heterocycles. The largest absolute Gasteiger partial charge is 0.339 e. The van der Waals surface area contributed by atoms with E-state index in [2.05, 4.69) is 33.1 Å². The van der Waals surface area contributed by atoms with E-state index in [0.717, 1.165) is 47.6 Å². The van der Waals surface area contributed by atoms with E-state index in [-0.39, 0.29) is 5.91 Å². The molecule has 0 bridgehead atoms. The predicted octanol–water partition coefficient (Wildman–Crippen LogP) is 3.04. The van der Waals surface area contributed by atoms with E-state index in [0.29, 0.717) is 12.5 Å². The molecular formula is C14H21BrN2OS. The van der Waals surface area contributed by atoms with Crippen LogP contribution in [0.5, 0.6) is 0 Å². The highest BCUT2D eigenvalue weighted by atomic mass is 79.9. The molecule has 0 atom stereocenters. The Morgan fingerprint density at radius 3 is 2.79 bits per heavy atom. The average molecular weight is 345 g/mol. The SMILES string of the molecule is CCCN(C(=O)Cc1ccc(Br)s1)C1CCNCC1. The molecule has 0 aromatic carbocycles. The lowest BCUT2D eigenvalue weighted by Crippen LogP contribution is -2.47. The minimum atomic E-state index is 0.281. The monoisotopic (exact) mass is 344 g/mol. The maximum absolute atomic E-state index is 12.5. The molecule has 0 spiro atoms. The van der Waals surface area contributed by atoms with Gasteiger partial charge in [0.25, 0.3) is 0 Å². The maximum atomic E-state index is 12.5. The first kappa shape index (κ1) is 15.0. The van der Waals surface area contributed by atoms with Crippen LogP contribution < -0.4 is 5.32 Å². The van der Waals surface area contributed by atoms with Crippen LogP contribution in [0.25, 0.3) is 0 Å². The molecule has 0 unspecified atom stereocenters. The Balaban J connectivity index is 1.98. The van der Waals surface area contributed by atoms with Gasteiger partial charge < -0.3 is 10.2 Å². The van der Waals surface area contributed by atoms with Gasteiger partial charge in [-0.15, -0.1) is 11.3 Å². The van der Waals surface area contributed by atoms with Crippen molar-refractivity contribution in [1.29, 1.82) is 0 Å². The highest BCUT2D eigenvalue weighted by Gasteiger charge is 2.24. The summed E-state index contributed by atoms with van der Waals surface area (Å²) in [5, 5.41) is 3.36. The van der Waals surface area contributed by atoms with Crippen molar-refractivity contribution in [3.63, 3.8) is 0 Å². The number of thiophene rings is 1. The van der Waals surface area contributed by atoms with E-state index in [4.69, 9.17) is 0 Å². The molecule has 5 heteroatoms. The van der Waals surface area contributed by atoms with Crippen molar-refractivity contribution in [2.24, 2.45) is 0 Å². The van der Waals surface area contributed by atoms with Crippen molar-refractivity contribution < 1.29 is 4.79 Å². The van der Waals surface area contributed by atoms with E-state index in [9.17, 15) is 4.79 Å². The topological polar surface area (TPSA) is 32.3 Å². The molecule has 1 aromatic heterocycles. The van der Waals surface area contributed by atoms with E-state index in [1.807, 2.05) is 12.1 Å². The molecule has 1 aliphatic heterocycles. The van der Waals surface area contributed by atoms with Gasteiger partial charge in [-0.25, -0.2) is 0 Å². The Labute approximate surface area is 127 Å². The standard InChI is InChI=1S/C14H21BrN2OS/c1-2-9-17(11-5-7-16-8-6-11)14(18)10-12-3-4-13(15)19-12/h3-4,11,16H,2,5-10H2,1H3. The van der Waals surface area contributed by atoms with Gasteiger partial charge in [0.15, 0.2) is 0 Å². The summed E-state index contributed by atoms with van der Waals surface area (Å²) in [5.41, 5.74) is 0. The summed E-state index contributed by atoms with van der Waals surface area (Å²) in [7, 11) is 0. The van der Waals surface area contributed by atoms with Crippen LogP contribution in [0.4, 0.5) is 0 Å². The third-order valence-electron chi connectivity index (χ3n) is 3.49. The van der Waals surface area contributed by atoms with E-state index in [1.54, 1.807) is 11.3 Å². The third-order valence-corrected chi connectivity index (χ3v) is 5.11. The number of rotatable bonds is 5. The number of carbonyl (C=O) groups is 1. The Kier molecular flexibility index (Phi) is 5.85. The van der Waals surface area contributed by atoms with Crippen LogP contribution in [0.1, 0.15) is 31.1 Å². The number of halogens is 1. The molecule has 1 N–H and O–H groups in total. The molecule has 19 heavy (non-hydrogen) atoms. The summed E-state index contributed by atoms with van der Waals surface area (Å²) in [6, 6.07) is 4.48. The summed E-state index contributed by atoms with van der Waals surface area (Å²) in [5.74, 6) is 0.281. The lowest BCUT2D eigenvalue weighted by molar-refractivity contribution is -0.133. The number of hydrogen-bond donors (Lipinski definition) is 1. The van der Waals surface area contributed by atoms with Crippen LogP contribution in [0.3, 0.4) is 0 Å². The second kappa shape index (κ2) is 7.41. The first-order valence-electron chi connectivity index (χ1n) is 6.95. The smallest absolute Gasteiger partial charge is 0.228 e. The van der Waals surface area contributed by atoms with Gasteiger partial charge in [0.1, 0.15) is 0 Å². The van der Waals surface area contributed by atoms with Gasteiger partial charge in [0.05, 0.1) is 10.2 Å². The second-order valence-corrected chi connectivity index (χ2v) is 7.50. The van der Waals surface area contributed by atoms with Crippen molar-refractivity contribution in [3.05, 3.63) is 20.8 Å². The number of carbonyl (C=O) groups excluding carboxylic acids is 1. The van der Waals surface area contributed by atoms with Gasteiger partial charge in [0, 0.05) is 17.5 Å². The fraction of sp³-hybridized carbons (Fsp3) is 0.643. The minimum absolute atomic E-state index is 0.281. The van der Waals surface area contributed by atoms with E-state index in [1.165, 1.54) is 0 Å². The summed E-state index contributed by atoms with van der Waals surface area (Å²) >= 11 is 5.11. The molecule has 1 fully saturated rings. The molecule has 2 rings (SSSR count). The van der Waals surface area contributed by atoms with Crippen LogP contribution in [-0.2, 0) is 11.2 Å². The molecule has 106 valence electrons. The van der Waals surface area contributed by atoms with Crippen molar-refractivity contribution in [2.45, 2.75) is 38.6 Å². The van der Waals surface area contributed by atoms with Crippen molar-refractivity contribution in [1.82, 2.24) is 10.2 Å². The summed E-state index contributed by atoms with van der Waals surface area (Å²) < 4.78 is 1.10. The summed E-state index contributed by atoms with van der Waals surface area (Å²) in [6.07, 6.45) is 3.74. The van der Waals surface area contributed by atoms with Crippen LogP contribution in [-0.4, -0.2) is 36.5 Å².